The molecule has 0 saturated carbocycles. The number of ether oxygens (including phenoxy) is 3. The lowest BCUT2D eigenvalue weighted by Gasteiger charge is -2.25. The highest BCUT2D eigenvalue weighted by Gasteiger charge is 2.31. The molecule has 148 valence electrons. The zero-order chi connectivity index (χ0) is 20.3. The molecule has 0 spiro atoms. The van der Waals surface area contributed by atoms with Crippen LogP contribution in [0.15, 0.2) is 79.1 Å². The Morgan fingerprint density at radius 2 is 1.93 bits per heavy atom. The van der Waals surface area contributed by atoms with E-state index in [0.29, 0.717) is 29.4 Å². The van der Waals surface area contributed by atoms with Crippen molar-refractivity contribution in [1.29, 1.82) is 0 Å². The highest BCUT2D eigenvalue weighted by molar-refractivity contribution is 6.03. The second-order valence-corrected chi connectivity index (χ2v) is 6.91. The minimum atomic E-state index is -0.723. The molecule has 3 heterocycles. The van der Waals surface area contributed by atoms with Gasteiger partial charge in [-0.25, -0.2) is 4.98 Å². The quantitative estimate of drug-likeness (QED) is 0.501. The zero-order valence-corrected chi connectivity index (χ0v) is 16.0. The van der Waals surface area contributed by atoms with Crippen LogP contribution in [0.1, 0.15) is 16.1 Å². The summed E-state index contributed by atoms with van der Waals surface area (Å²) in [5, 5.41) is 1.08. The molecule has 0 fully saturated rings. The van der Waals surface area contributed by atoms with Crippen molar-refractivity contribution < 1.29 is 19.0 Å². The fourth-order valence-electron chi connectivity index (χ4n) is 3.35. The molecule has 5 rings (SSSR count). The van der Waals surface area contributed by atoms with Crippen LogP contribution in [0.3, 0.4) is 0 Å². The van der Waals surface area contributed by atoms with Crippen LogP contribution < -0.4 is 14.2 Å². The van der Waals surface area contributed by atoms with Gasteiger partial charge in [-0.1, -0.05) is 24.3 Å². The fraction of sp³-hybridized carbons (Fsp3) is 0.125. The monoisotopic (exact) mass is 398 g/mol. The summed E-state index contributed by atoms with van der Waals surface area (Å²) in [4.78, 5) is 21.5. The van der Waals surface area contributed by atoms with Crippen LogP contribution in [-0.4, -0.2) is 28.5 Å². The highest BCUT2D eigenvalue weighted by Crippen LogP contribution is 2.30. The van der Waals surface area contributed by atoms with Gasteiger partial charge in [0, 0.05) is 11.6 Å². The first-order valence-corrected chi connectivity index (χ1v) is 9.61. The number of ketones is 1. The Bertz CT molecular complexity index is 1210. The average Bonchev–Trinajstić information content (AvgIpc) is 2.80. The Hall–Kier alpha value is -3.93. The molecule has 1 atom stereocenters. The number of aromatic nitrogens is 2. The average molecular weight is 398 g/mol. The van der Waals surface area contributed by atoms with Crippen LogP contribution in [0.2, 0.25) is 0 Å². The molecule has 1 aliphatic heterocycles. The summed E-state index contributed by atoms with van der Waals surface area (Å²) in [6.45, 7) is 0.455. The Kier molecular flexibility index (Phi) is 4.73. The number of Topliss-reactive ketones (excluding diaryl/α,β-unsaturated/α-hetero) is 1. The van der Waals surface area contributed by atoms with Gasteiger partial charge in [0.2, 0.25) is 5.78 Å². The second-order valence-electron chi connectivity index (χ2n) is 6.91. The van der Waals surface area contributed by atoms with Crippen LogP contribution in [0.5, 0.6) is 17.2 Å². The number of carbonyl (C=O) groups excluding carboxylic acids is 1. The Labute approximate surface area is 173 Å². The minimum absolute atomic E-state index is 0.144. The number of pyridine rings is 2. The number of hydrogen-bond donors (Lipinski definition) is 0. The Balaban J connectivity index is 1.31. The maximum Gasteiger partial charge on any atom is 0.210 e. The van der Waals surface area contributed by atoms with Crippen molar-refractivity contribution in [2.75, 3.05) is 6.61 Å². The topological polar surface area (TPSA) is 70.5 Å². The van der Waals surface area contributed by atoms with Gasteiger partial charge < -0.3 is 14.2 Å². The van der Waals surface area contributed by atoms with Gasteiger partial charge in [0.05, 0.1) is 23.0 Å². The first-order chi connectivity index (χ1) is 14.8. The van der Waals surface area contributed by atoms with E-state index in [1.807, 2.05) is 36.4 Å². The van der Waals surface area contributed by atoms with Gasteiger partial charge in [-0.05, 0) is 42.5 Å². The number of hydrogen-bond acceptors (Lipinski definition) is 6. The summed E-state index contributed by atoms with van der Waals surface area (Å²) in [5.74, 6) is 1.48. The normalized spacial score (nSPS) is 15.3. The lowest BCUT2D eigenvalue weighted by atomic mass is 10.0. The van der Waals surface area contributed by atoms with E-state index in [0.717, 1.165) is 16.6 Å². The molecule has 4 aromatic rings. The van der Waals surface area contributed by atoms with Gasteiger partial charge >= 0.3 is 0 Å². The van der Waals surface area contributed by atoms with Crippen LogP contribution in [0, 0.1) is 0 Å². The van der Waals surface area contributed by atoms with Crippen molar-refractivity contribution >= 4 is 16.7 Å². The molecule has 30 heavy (non-hydrogen) atoms. The Morgan fingerprint density at radius 3 is 2.83 bits per heavy atom. The molecule has 1 unspecified atom stereocenters. The van der Waals surface area contributed by atoms with E-state index in [2.05, 4.69) is 9.97 Å². The van der Waals surface area contributed by atoms with Crippen molar-refractivity contribution in [2.45, 2.75) is 12.7 Å². The van der Waals surface area contributed by atoms with Gasteiger partial charge in [0.25, 0.3) is 0 Å². The second kappa shape index (κ2) is 7.83. The molecule has 0 saturated heterocycles. The van der Waals surface area contributed by atoms with E-state index in [4.69, 9.17) is 14.2 Å². The van der Waals surface area contributed by atoms with Gasteiger partial charge in [-0.15, -0.1) is 0 Å². The van der Waals surface area contributed by atoms with Crippen LogP contribution in [0.4, 0.5) is 0 Å². The van der Waals surface area contributed by atoms with E-state index in [9.17, 15) is 4.79 Å². The molecule has 0 aliphatic carbocycles. The highest BCUT2D eigenvalue weighted by atomic mass is 16.5. The fourth-order valence-corrected chi connectivity index (χ4v) is 3.35. The molecule has 2 aromatic carbocycles. The zero-order valence-electron chi connectivity index (χ0n) is 16.0. The van der Waals surface area contributed by atoms with Crippen molar-refractivity contribution in [3.05, 3.63) is 90.4 Å². The predicted octanol–water partition coefficient (Wildman–Crippen LogP) is 4.23. The lowest BCUT2D eigenvalue weighted by Crippen LogP contribution is -2.37. The van der Waals surface area contributed by atoms with Crippen LogP contribution >= 0.6 is 0 Å². The van der Waals surface area contributed by atoms with Gasteiger partial charge in [-0.3, -0.25) is 9.78 Å². The van der Waals surface area contributed by atoms with Crippen molar-refractivity contribution in [2.24, 2.45) is 0 Å². The molecule has 0 N–H and O–H groups in total. The summed E-state index contributed by atoms with van der Waals surface area (Å²) < 4.78 is 17.3. The number of fused-ring (bicyclic) bond motifs is 2. The van der Waals surface area contributed by atoms with E-state index in [1.54, 1.807) is 42.7 Å². The standard InChI is InChI=1S/C24H18N2O4/c27-24-20-12-18(28-14-17-8-7-16-4-1-2-6-21(16)26-17)9-10-22(20)29-15-23(24)30-19-5-3-11-25-13-19/h1-13,23H,14-15H2. The lowest BCUT2D eigenvalue weighted by molar-refractivity contribution is 0.0626. The van der Waals surface area contributed by atoms with Gasteiger partial charge in [0.15, 0.2) is 6.10 Å². The largest absolute Gasteiger partial charge is 0.488 e. The van der Waals surface area contributed by atoms with Crippen molar-refractivity contribution in [3.63, 3.8) is 0 Å². The minimum Gasteiger partial charge on any atom is -0.488 e. The summed E-state index contributed by atoms with van der Waals surface area (Å²) in [6.07, 6.45) is 2.49. The molecule has 2 aromatic heterocycles. The van der Waals surface area contributed by atoms with Gasteiger partial charge in [0.1, 0.15) is 30.5 Å². The third-order valence-electron chi connectivity index (χ3n) is 4.85. The van der Waals surface area contributed by atoms with E-state index >= 15 is 0 Å². The SMILES string of the molecule is O=C1c2cc(OCc3ccc4ccccc4n3)ccc2OCC1Oc1cccnc1. The smallest absolute Gasteiger partial charge is 0.210 e. The Morgan fingerprint density at radius 1 is 1.00 bits per heavy atom. The molecule has 0 amide bonds. The number of carbonyl (C=O) groups is 1. The number of nitrogens with zero attached hydrogens (tertiary/aromatic N) is 2. The summed E-state index contributed by atoms with van der Waals surface area (Å²) in [5.41, 5.74) is 2.17. The molecule has 6 heteroatoms. The molecule has 1 aliphatic rings. The maximum absolute atomic E-state index is 12.9. The van der Waals surface area contributed by atoms with E-state index in [1.165, 1.54) is 0 Å². The van der Waals surface area contributed by atoms with Crippen LogP contribution in [0.25, 0.3) is 10.9 Å². The molecule has 0 radical (unpaired) electrons. The van der Waals surface area contributed by atoms with E-state index in [-0.39, 0.29) is 12.4 Å². The molecular formula is C24H18N2O4. The van der Waals surface area contributed by atoms with E-state index < -0.39 is 6.10 Å². The summed E-state index contributed by atoms with van der Waals surface area (Å²) in [7, 11) is 0. The van der Waals surface area contributed by atoms with Crippen molar-refractivity contribution in [1.82, 2.24) is 9.97 Å². The summed E-state index contributed by atoms with van der Waals surface area (Å²) >= 11 is 0. The van der Waals surface area contributed by atoms with Crippen molar-refractivity contribution in [3.8, 4) is 17.2 Å². The number of rotatable bonds is 5. The first kappa shape index (κ1) is 18.1. The predicted molar refractivity (Wildman–Crippen MR) is 111 cm³/mol. The molecule has 6 nitrogen and oxygen atoms in total. The van der Waals surface area contributed by atoms with Crippen LogP contribution in [-0.2, 0) is 6.61 Å². The number of para-hydroxylation sites is 1. The number of benzene rings is 2. The molecular weight excluding hydrogens is 380 g/mol. The summed E-state index contributed by atoms with van der Waals surface area (Å²) in [6, 6.07) is 20.6. The first-order valence-electron chi connectivity index (χ1n) is 9.61. The third-order valence-corrected chi connectivity index (χ3v) is 4.85. The molecule has 0 bridgehead atoms. The maximum atomic E-state index is 12.9. The van der Waals surface area contributed by atoms with Gasteiger partial charge in [-0.2, -0.15) is 0 Å². The third kappa shape index (κ3) is 3.67.